The fourth-order valence-electron chi connectivity index (χ4n) is 2.26. The van der Waals surface area contributed by atoms with Gasteiger partial charge in [-0.3, -0.25) is 10.1 Å². The van der Waals surface area contributed by atoms with Crippen LogP contribution in [0.5, 0.6) is 0 Å². The molecular weight excluding hydrogens is 362 g/mol. The first kappa shape index (κ1) is 16.3. The summed E-state index contributed by atoms with van der Waals surface area (Å²) in [6.45, 7) is 1.98. The van der Waals surface area contributed by atoms with Gasteiger partial charge in [-0.05, 0) is 44.0 Å². The average molecular weight is 378 g/mol. The van der Waals surface area contributed by atoms with Gasteiger partial charge in [0.2, 0.25) is 10.0 Å². The standard InChI is InChI=1S/C12H16BrN3O4S/c13-10-3-4-12(11(6-10)16(17)18)21(19,20)15-8-9-2-1-5-14-7-9/h3-4,6,9,14-15H,1-2,5,7-8H2. The van der Waals surface area contributed by atoms with Crippen LogP contribution in [-0.4, -0.2) is 33.0 Å². The lowest BCUT2D eigenvalue weighted by Crippen LogP contribution is -2.38. The van der Waals surface area contributed by atoms with Crippen molar-refractivity contribution in [2.45, 2.75) is 17.7 Å². The molecular formula is C12H16BrN3O4S. The highest BCUT2D eigenvalue weighted by Crippen LogP contribution is 2.27. The number of nitro benzene ring substituents is 1. The lowest BCUT2D eigenvalue weighted by atomic mass is 10.0. The van der Waals surface area contributed by atoms with E-state index in [0.29, 0.717) is 4.47 Å². The monoisotopic (exact) mass is 377 g/mol. The van der Waals surface area contributed by atoms with E-state index in [1.54, 1.807) is 0 Å². The van der Waals surface area contributed by atoms with Crippen LogP contribution in [0.3, 0.4) is 0 Å². The molecule has 1 aliphatic heterocycles. The average Bonchev–Trinajstić information content (AvgIpc) is 2.46. The number of nitrogens with zero attached hydrogens (tertiary/aromatic N) is 1. The van der Waals surface area contributed by atoms with Crippen LogP contribution >= 0.6 is 15.9 Å². The van der Waals surface area contributed by atoms with Gasteiger partial charge < -0.3 is 5.32 Å². The third kappa shape index (κ3) is 4.22. The molecule has 0 radical (unpaired) electrons. The number of nitrogens with one attached hydrogen (secondary N) is 2. The van der Waals surface area contributed by atoms with Crippen LogP contribution < -0.4 is 10.0 Å². The van der Waals surface area contributed by atoms with E-state index < -0.39 is 20.6 Å². The SMILES string of the molecule is O=[N+]([O-])c1cc(Br)ccc1S(=O)(=O)NCC1CCCNC1. The molecule has 116 valence electrons. The topological polar surface area (TPSA) is 101 Å². The number of rotatable bonds is 5. The molecule has 0 spiro atoms. The molecule has 7 nitrogen and oxygen atoms in total. The molecule has 9 heteroatoms. The summed E-state index contributed by atoms with van der Waals surface area (Å²) in [4.78, 5) is 10.0. The summed E-state index contributed by atoms with van der Waals surface area (Å²) in [6, 6.07) is 3.91. The molecule has 0 aromatic heterocycles. The second kappa shape index (κ2) is 6.82. The third-order valence-electron chi connectivity index (χ3n) is 3.37. The first-order valence-electron chi connectivity index (χ1n) is 6.54. The zero-order valence-electron chi connectivity index (χ0n) is 11.2. The number of benzene rings is 1. The predicted octanol–water partition coefficient (Wildman–Crippen LogP) is 1.64. The van der Waals surface area contributed by atoms with Crippen molar-refractivity contribution < 1.29 is 13.3 Å². The Kier molecular flexibility index (Phi) is 5.31. The molecule has 1 fully saturated rings. The van der Waals surface area contributed by atoms with Gasteiger partial charge in [0.05, 0.1) is 4.92 Å². The van der Waals surface area contributed by atoms with Gasteiger partial charge in [0.15, 0.2) is 4.90 Å². The maximum Gasteiger partial charge on any atom is 0.290 e. The summed E-state index contributed by atoms with van der Waals surface area (Å²) in [5.74, 6) is 0.211. The van der Waals surface area contributed by atoms with Crippen molar-refractivity contribution in [2.75, 3.05) is 19.6 Å². The summed E-state index contributed by atoms with van der Waals surface area (Å²) in [7, 11) is -3.89. The first-order chi connectivity index (χ1) is 9.90. The minimum atomic E-state index is -3.89. The van der Waals surface area contributed by atoms with Gasteiger partial charge in [0.25, 0.3) is 5.69 Å². The molecule has 0 bridgehead atoms. The smallest absolute Gasteiger partial charge is 0.290 e. The Hall–Kier alpha value is -1.03. The van der Waals surface area contributed by atoms with Gasteiger partial charge in [0.1, 0.15) is 0 Å². The van der Waals surface area contributed by atoms with Crippen LogP contribution in [0.2, 0.25) is 0 Å². The van der Waals surface area contributed by atoms with E-state index in [2.05, 4.69) is 26.0 Å². The quantitative estimate of drug-likeness (QED) is 0.599. The normalized spacial score (nSPS) is 19.4. The lowest BCUT2D eigenvalue weighted by Gasteiger charge is -2.22. The largest absolute Gasteiger partial charge is 0.316 e. The van der Waals surface area contributed by atoms with E-state index in [0.717, 1.165) is 25.9 Å². The maximum absolute atomic E-state index is 12.3. The first-order valence-corrected chi connectivity index (χ1v) is 8.82. The van der Waals surface area contributed by atoms with Gasteiger partial charge >= 0.3 is 0 Å². The Balaban J connectivity index is 2.17. The molecule has 0 saturated carbocycles. The second-order valence-electron chi connectivity index (χ2n) is 4.93. The van der Waals surface area contributed by atoms with Crippen molar-refractivity contribution in [3.8, 4) is 0 Å². The molecule has 2 rings (SSSR count). The molecule has 1 unspecified atom stereocenters. The van der Waals surface area contributed by atoms with E-state index in [4.69, 9.17) is 0 Å². The summed E-state index contributed by atoms with van der Waals surface area (Å²) < 4.78 is 27.5. The minimum Gasteiger partial charge on any atom is -0.316 e. The minimum absolute atomic E-state index is 0.211. The van der Waals surface area contributed by atoms with Gasteiger partial charge in [-0.2, -0.15) is 0 Å². The number of hydrogen-bond donors (Lipinski definition) is 2. The second-order valence-corrected chi connectivity index (χ2v) is 7.58. The van der Waals surface area contributed by atoms with E-state index >= 15 is 0 Å². The van der Waals surface area contributed by atoms with Crippen molar-refractivity contribution in [1.82, 2.24) is 10.0 Å². The van der Waals surface area contributed by atoms with E-state index in [9.17, 15) is 18.5 Å². The summed E-state index contributed by atoms with van der Waals surface area (Å²) in [5.41, 5.74) is -0.432. The van der Waals surface area contributed by atoms with Crippen LogP contribution in [0.4, 0.5) is 5.69 Å². The number of halogens is 1. The number of nitro groups is 1. The van der Waals surface area contributed by atoms with Crippen LogP contribution in [0.15, 0.2) is 27.6 Å². The Morgan fingerprint density at radius 2 is 2.24 bits per heavy atom. The van der Waals surface area contributed by atoms with Crippen molar-refractivity contribution in [3.05, 3.63) is 32.8 Å². The van der Waals surface area contributed by atoms with Crippen LogP contribution in [0, 0.1) is 16.0 Å². The summed E-state index contributed by atoms with van der Waals surface area (Å²) >= 11 is 3.10. The Morgan fingerprint density at radius 3 is 2.86 bits per heavy atom. The fraction of sp³-hybridized carbons (Fsp3) is 0.500. The number of hydrogen-bond acceptors (Lipinski definition) is 5. The molecule has 2 N–H and O–H groups in total. The Morgan fingerprint density at radius 1 is 1.48 bits per heavy atom. The highest BCUT2D eigenvalue weighted by atomic mass is 79.9. The maximum atomic E-state index is 12.3. The Bertz CT molecular complexity index is 629. The fourth-order valence-corrected chi connectivity index (χ4v) is 3.88. The van der Waals surface area contributed by atoms with Crippen molar-refractivity contribution in [1.29, 1.82) is 0 Å². The zero-order valence-corrected chi connectivity index (χ0v) is 13.6. The highest BCUT2D eigenvalue weighted by Gasteiger charge is 2.26. The van der Waals surface area contributed by atoms with Crippen molar-refractivity contribution in [2.24, 2.45) is 5.92 Å². The predicted molar refractivity (Wildman–Crippen MR) is 81.6 cm³/mol. The third-order valence-corrected chi connectivity index (χ3v) is 5.33. The molecule has 1 aromatic rings. The molecule has 0 aliphatic carbocycles. The Labute approximate surface area is 131 Å². The van der Waals surface area contributed by atoms with Gasteiger partial charge in [0, 0.05) is 17.1 Å². The van der Waals surface area contributed by atoms with Gasteiger partial charge in [-0.1, -0.05) is 15.9 Å². The van der Waals surface area contributed by atoms with Crippen molar-refractivity contribution >= 4 is 31.6 Å². The van der Waals surface area contributed by atoms with Crippen LogP contribution in [0.25, 0.3) is 0 Å². The molecule has 1 atom stereocenters. The molecule has 1 saturated heterocycles. The van der Waals surface area contributed by atoms with E-state index in [1.807, 2.05) is 0 Å². The van der Waals surface area contributed by atoms with Crippen LogP contribution in [0.1, 0.15) is 12.8 Å². The van der Waals surface area contributed by atoms with E-state index in [-0.39, 0.29) is 17.4 Å². The zero-order chi connectivity index (χ0) is 15.5. The lowest BCUT2D eigenvalue weighted by molar-refractivity contribution is -0.387. The molecule has 1 aliphatic rings. The number of sulfonamides is 1. The number of piperidine rings is 1. The van der Waals surface area contributed by atoms with Crippen molar-refractivity contribution in [3.63, 3.8) is 0 Å². The summed E-state index contributed by atoms with van der Waals surface area (Å²) in [6.07, 6.45) is 1.95. The summed E-state index contributed by atoms with van der Waals surface area (Å²) in [5, 5.41) is 14.2. The molecule has 1 aromatic carbocycles. The molecule has 21 heavy (non-hydrogen) atoms. The molecule has 1 heterocycles. The molecule has 0 amide bonds. The van der Waals surface area contributed by atoms with E-state index in [1.165, 1.54) is 18.2 Å². The van der Waals surface area contributed by atoms with Gasteiger partial charge in [-0.25, -0.2) is 13.1 Å². The van der Waals surface area contributed by atoms with Crippen LogP contribution in [-0.2, 0) is 10.0 Å². The van der Waals surface area contributed by atoms with Gasteiger partial charge in [-0.15, -0.1) is 0 Å². The highest BCUT2D eigenvalue weighted by molar-refractivity contribution is 9.10.